The summed E-state index contributed by atoms with van der Waals surface area (Å²) in [7, 11) is 0. The predicted molar refractivity (Wildman–Crippen MR) is 77.1 cm³/mol. The number of hydrogen-bond donors (Lipinski definition) is 1. The first-order chi connectivity index (χ1) is 7.63. The van der Waals surface area contributed by atoms with E-state index in [1.54, 1.807) is 0 Å². The van der Waals surface area contributed by atoms with Crippen molar-refractivity contribution in [3.05, 3.63) is 20.8 Å². The molecule has 1 atom stereocenters. The van der Waals surface area contributed by atoms with Gasteiger partial charge in [0.05, 0.1) is 3.79 Å². The van der Waals surface area contributed by atoms with Crippen molar-refractivity contribution in [1.29, 1.82) is 0 Å². The number of hydrogen-bond acceptors (Lipinski definition) is 2. The molecule has 3 heteroatoms. The molecule has 0 aliphatic heterocycles. The second-order valence-corrected chi connectivity index (χ2v) is 7.11. The lowest BCUT2D eigenvalue weighted by molar-refractivity contribution is 0.445. The first kappa shape index (κ1) is 14.2. The summed E-state index contributed by atoms with van der Waals surface area (Å²) in [6.45, 7) is 7.91. The zero-order valence-electron chi connectivity index (χ0n) is 10.4. The van der Waals surface area contributed by atoms with Crippen molar-refractivity contribution in [2.75, 3.05) is 6.54 Å². The fraction of sp³-hybridized carbons (Fsp3) is 0.692. The summed E-state index contributed by atoms with van der Waals surface area (Å²) in [4.78, 5) is 1.46. The Morgan fingerprint density at radius 3 is 2.56 bits per heavy atom. The Bertz CT molecular complexity index is 296. The van der Waals surface area contributed by atoms with E-state index < -0.39 is 0 Å². The van der Waals surface area contributed by atoms with Crippen LogP contribution in [0.25, 0.3) is 0 Å². The van der Waals surface area contributed by atoms with E-state index in [-0.39, 0.29) is 0 Å². The van der Waals surface area contributed by atoms with Gasteiger partial charge in [-0.3, -0.25) is 0 Å². The second-order valence-electron chi connectivity index (χ2n) is 4.62. The van der Waals surface area contributed by atoms with Crippen LogP contribution in [0.3, 0.4) is 0 Å². The Morgan fingerprint density at radius 1 is 1.31 bits per heavy atom. The van der Waals surface area contributed by atoms with Crippen LogP contribution >= 0.6 is 27.3 Å². The van der Waals surface area contributed by atoms with E-state index in [1.807, 2.05) is 11.3 Å². The summed E-state index contributed by atoms with van der Waals surface area (Å²) >= 11 is 5.39. The van der Waals surface area contributed by atoms with Crippen LogP contribution in [0.15, 0.2) is 15.9 Å². The van der Waals surface area contributed by atoms with E-state index >= 15 is 0 Å². The molecule has 0 aromatic carbocycles. The van der Waals surface area contributed by atoms with Crippen LogP contribution in [0.4, 0.5) is 0 Å². The lowest BCUT2D eigenvalue weighted by Gasteiger charge is -2.18. The van der Waals surface area contributed by atoms with Gasteiger partial charge in [0, 0.05) is 10.9 Å². The van der Waals surface area contributed by atoms with Gasteiger partial charge in [-0.25, -0.2) is 0 Å². The third-order valence-electron chi connectivity index (χ3n) is 2.61. The van der Waals surface area contributed by atoms with Crippen molar-refractivity contribution in [3.8, 4) is 0 Å². The maximum Gasteiger partial charge on any atom is 0.0701 e. The lowest BCUT2D eigenvalue weighted by Crippen LogP contribution is -2.21. The Balaban J connectivity index is 2.55. The van der Waals surface area contributed by atoms with Gasteiger partial charge in [-0.2, -0.15) is 0 Å². The highest BCUT2D eigenvalue weighted by molar-refractivity contribution is 9.11. The minimum Gasteiger partial charge on any atom is -0.309 e. The van der Waals surface area contributed by atoms with E-state index in [0.29, 0.717) is 6.04 Å². The van der Waals surface area contributed by atoms with Crippen molar-refractivity contribution < 1.29 is 0 Å². The highest BCUT2D eigenvalue weighted by Crippen LogP contribution is 2.30. The summed E-state index contributed by atoms with van der Waals surface area (Å²) < 4.78 is 1.23. The molecular formula is C13H22BrNS. The topological polar surface area (TPSA) is 12.0 Å². The maximum absolute atomic E-state index is 3.64. The minimum absolute atomic E-state index is 0.540. The molecule has 1 nitrogen and oxygen atoms in total. The van der Waals surface area contributed by atoms with Gasteiger partial charge in [0.25, 0.3) is 0 Å². The van der Waals surface area contributed by atoms with Gasteiger partial charge < -0.3 is 5.32 Å². The highest BCUT2D eigenvalue weighted by atomic mass is 79.9. The third-order valence-corrected chi connectivity index (χ3v) is 4.35. The van der Waals surface area contributed by atoms with Gasteiger partial charge in [0.1, 0.15) is 0 Å². The molecule has 0 aliphatic rings. The smallest absolute Gasteiger partial charge is 0.0701 e. The normalized spacial score (nSPS) is 13.3. The van der Waals surface area contributed by atoms with Crippen molar-refractivity contribution in [3.63, 3.8) is 0 Å². The molecule has 0 fully saturated rings. The summed E-state index contributed by atoms with van der Waals surface area (Å²) in [6.07, 6.45) is 3.73. The summed E-state index contributed by atoms with van der Waals surface area (Å²) in [5.41, 5.74) is 0. The average molecular weight is 304 g/mol. The molecule has 0 spiro atoms. The van der Waals surface area contributed by atoms with Crippen LogP contribution in [0, 0.1) is 5.92 Å². The molecule has 0 aliphatic carbocycles. The van der Waals surface area contributed by atoms with Gasteiger partial charge in [-0.05, 0) is 59.8 Å². The predicted octanol–water partition coefficient (Wildman–Crippen LogP) is 4.99. The fourth-order valence-electron chi connectivity index (χ4n) is 1.68. The molecule has 1 N–H and O–H groups in total. The van der Waals surface area contributed by atoms with E-state index in [1.165, 1.54) is 27.9 Å². The molecule has 0 saturated carbocycles. The molecular weight excluding hydrogens is 282 g/mol. The first-order valence-corrected chi connectivity index (χ1v) is 7.73. The third kappa shape index (κ3) is 4.98. The molecule has 0 bridgehead atoms. The standard InChI is InChI=1S/C13H22BrNS/c1-4-9-15-11(6-5-10(2)3)12-7-8-13(14)16-12/h7-8,10-11,15H,4-6,9H2,1-3H3. The van der Waals surface area contributed by atoms with Crippen LogP contribution in [0.5, 0.6) is 0 Å². The van der Waals surface area contributed by atoms with Crippen LogP contribution < -0.4 is 5.32 Å². The van der Waals surface area contributed by atoms with Crippen LogP contribution in [-0.2, 0) is 0 Å². The van der Waals surface area contributed by atoms with Gasteiger partial charge in [-0.15, -0.1) is 11.3 Å². The van der Waals surface area contributed by atoms with Crippen molar-refractivity contribution >= 4 is 27.3 Å². The molecule has 0 amide bonds. The maximum atomic E-state index is 3.64. The van der Waals surface area contributed by atoms with Crippen molar-refractivity contribution in [2.24, 2.45) is 5.92 Å². The molecule has 0 saturated heterocycles. The first-order valence-electron chi connectivity index (χ1n) is 6.12. The Morgan fingerprint density at radius 2 is 2.06 bits per heavy atom. The monoisotopic (exact) mass is 303 g/mol. The van der Waals surface area contributed by atoms with Crippen molar-refractivity contribution in [1.82, 2.24) is 5.32 Å². The van der Waals surface area contributed by atoms with E-state index in [9.17, 15) is 0 Å². The van der Waals surface area contributed by atoms with Gasteiger partial charge in [0.2, 0.25) is 0 Å². The fourth-order valence-corrected chi connectivity index (χ4v) is 3.21. The van der Waals surface area contributed by atoms with E-state index in [2.05, 4.69) is 54.2 Å². The molecule has 16 heavy (non-hydrogen) atoms. The Hall–Kier alpha value is 0.140. The number of nitrogens with one attached hydrogen (secondary N) is 1. The highest BCUT2D eigenvalue weighted by Gasteiger charge is 2.13. The van der Waals surface area contributed by atoms with Crippen molar-refractivity contribution in [2.45, 2.75) is 46.1 Å². The number of halogens is 1. The zero-order valence-corrected chi connectivity index (χ0v) is 12.8. The summed E-state index contributed by atoms with van der Waals surface area (Å²) in [5.74, 6) is 0.786. The average Bonchev–Trinajstić information content (AvgIpc) is 2.64. The SMILES string of the molecule is CCCNC(CCC(C)C)c1ccc(Br)s1. The van der Waals surface area contributed by atoms with Crippen LogP contribution in [-0.4, -0.2) is 6.54 Å². The molecule has 1 rings (SSSR count). The number of thiophene rings is 1. The van der Waals surface area contributed by atoms with Gasteiger partial charge in [-0.1, -0.05) is 20.8 Å². The van der Waals surface area contributed by atoms with E-state index in [4.69, 9.17) is 0 Å². The summed E-state index contributed by atoms with van der Waals surface area (Å²) in [5, 5.41) is 3.64. The Kier molecular flexibility index (Phi) is 6.62. The zero-order chi connectivity index (χ0) is 12.0. The molecule has 1 unspecified atom stereocenters. The number of rotatable bonds is 7. The second kappa shape index (κ2) is 7.46. The van der Waals surface area contributed by atoms with Gasteiger partial charge >= 0.3 is 0 Å². The van der Waals surface area contributed by atoms with Gasteiger partial charge in [0.15, 0.2) is 0 Å². The molecule has 92 valence electrons. The van der Waals surface area contributed by atoms with Crippen LogP contribution in [0.2, 0.25) is 0 Å². The Labute approximate surface area is 112 Å². The summed E-state index contributed by atoms with van der Waals surface area (Å²) in [6, 6.07) is 4.93. The lowest BCUT2D eigenvalue weighted by atomic mass is 10.0. The van der Waals surface area contributed by atoms with E-state index in [0.717, 1.165) is 12.5 Å². The largest absolute Gasteiger partial charge is 0.309 e. The molecule has 1 heterocycles. The molecule has 1 aromatic heterocycles. The quantitative estimate of drug-likeness (QED) is 0.748. The van der Waals surface area contributed by atoms with Crippen LogP contribution in [0.1, 0.15) is 51.0 Å². The molecule has 0 radical (unpaired) electrons. The minimum atomic E-state index is 0.540. The molecule has 1 aromatic rings.